The molecule has 1 aromatic heterocycles. The van der Waals surface area contributed by atoms with Gasteiger partial charge in [-0.05, 0) is 26.7 Å². The van der Waals surface area contributed by atoms with E-state index in [1.807, 2.05) is 0 Å². The lowest BCUT2D eigenvalue weighted by molar-refractivity contribution is -0.408. The van der Waals surface area contributed by atoms with Crippen LogP contribution in [0.25, 0.3) is 0 Å². The van der Waals surface area contributed by atoms with Gasteiger partial charge in [0, 0.05) is 37.1 Å². The lowest BCUT2D eigenvalue weighted by Gasteiger charge is -2.22. The molecular formula is C17H31IN2. The third-order valence-electron chi connectivity index (χ3n) is 4.45. The third kappa shape index (κ3) is 3.86. The minimum absolute atomic E-state index is 0. The van der Waals surface area contributed by atoms with E-state index in [-0.39, 0.29) is 24.0 Å². The summed E-state index contributed by atoms with van der Waals surface area (Å²) in [5.74, 6) is 1.17. The molecule has 0 aliphatic heterocycles. The minimum atomic E-state index is 0. The van der Waals surface area contributed by atoms with Crippen LogP contribution in [0.2, 0.25) is 0 Å². The van der Waals surface area contributed by atoms with Crippen LogP contribution in [-0.2, 0) is 0 Å². The molecule has 1 heterocycles. The Balaban J connectivity index is 0.00000361. The summed E-state index contributed by atoms with van der Waals surface area (Å²) >= 11 is 0. The van der Waals surface area contributed by atoms with Crippen LogP contribution in [0.5, 0.6) is 0 Å². The summed E-state index contributed by atoms with van der Waals surface area (Å²) in [6, 6.07) is 0. The smallest absolute Gasteiger partial charge is 0.187 e. The monoisotopic (exact) mass is 390 g/mol. The molecule has 0 aliphatic carbocycles. The van der Waals surface area contributed by atoms with Crippen molar-refractivity contribution in [3.05, 3.63) is 22.5 Å². The summed E-state index contributed by atoms with van der Waals surface area (Å²) in [6.45, 7) is 13.6. The molecule has 1 rings (SSSR count). The fourth-order valence-corrected chi connectivity index (χ4v) is 2.93. The average Bonchev–Trinajstić information content (AvgIpc) is 2.37. The number of nitrogens with one attached hydrogen (secondary N) is 1. The van der Waals surface area contributed by atoms with Crippen LogP contribution in [0.1, 0.15) is 74.9 Å². The van der Waals surface area contributed by atoms with Crippen molar-refractivity contribution in [2.45, 2.75) is 66.2 Å². The van der Waals surface area contributed by atoms with Crippen LogP contribution in [0, 0.1) is 13.8 Å². The standard InChI is InChI=1S/C17H30N2.HI/c1-9-11(3)15-13(5)17(19(7)8)14(6)16(18-15)12(4)10-2;/h11-12H,9-10H2,1-8H3;1H. The Morgan fingerprint density at radius 2 is 1.25 bits per heavy atom. The normalized spacial score (nSPS) is 13.6. The molecule has 0 radical (unpaired) electrons. The van der Waals surface area contributed by atoms with E-state index in [0.717, 1.165) is 0 Å². The van der Waals surface area contributed by atoms with Gasteiger partial charge in [-0.1, -0.05) is 27.7 Å². The number of halogens is 1. The van der Waals surface area contributed by atoms with Crippen LogP contribution in [0.4, 0.5) is 5.69 Å². The van der Waals surface area contributed by atoms with E-state index in [2.05, 4.69) is 65.5 Å². The number of anilines is 1. The number of hydrogen-bond acceptors (Lipinski definition) is 1. The Labute approximate surface area is 142 Å². The Hall–Kier alpha value is -0.320. The van der Waals surface area contributed by atoms with Gasteiger partial charge in [-0.3, -0.25) is 0 Å². The molecule has 20 heavy (non-hydrogen) atoms. The van der Waals surface area contributed by atoms with Crippen LogP contribution in [0.3, 0.4) is 0 Å². The van der Waals surface area contributed by atoms with Crippen molar-refractivity contribution in [2.24, 2.45) is 0 Å². The summed E-state index contributed by atoms with van der Waals surface area (Å²) in [6.07, 6.45) is 2.35. The van der Waals surface area contributed by atoms with Gasteiger partial charge in [0.25, 0.3) is 0 Å². The van der Waals surface area contributed by atoms with Gasteiger partial charge in [0.2, 0.25) is 0 Å². The highest BCUT2D eigenvalue weighted by Gasteiger charge is 2.26. The second-order valence-corrected chi connectivity index (χ2v) is 6.06. The molecule has 0 aliphatic rings. The molecule has 2 nitrogen and oxygen atoms in total. The SMILES string of the molecule is CCC(C)c1[nH+]c(C(C)CC)c(C)c(N(C)C)c1C.[I-]. The maximum absolute atomic E-state index is 3.75. The van der Waals surface area contributed by atoms with Gasteiger partial charge in [-0.15, -0.1) is 0 Å². The summed E-state index contributed by atoms with van der Waals surface area (Å²) in [4.78, 5) is 6.01. The molecule has 2 atom stereocenters. The second kappa shape index (κ2) is 8.20. The first-order valence-corrected chi connectivity index (χ1v) is 7.58. The van der Waals surface area contributed by atoms with Crippen LogP contribution < -0.4 is 33.9 Å². The molecule has 1 N–H and O–H groups in total. The predicted molar refractivity (Wildman–Crippen MR) is 84.2 cm³/mol. The van der Waals surface area contributed by atoms with Gasteiger partial charge in [0.05, 0.1) is 5.69 Å². The van der Waals surface area contributed by atoms with Crippen LogP contribution in [0.15, 0.2) is 0 Å². The number of aromatic amines is 1. The molecule has 0 bridgehead atoms. The Morgan fingerprint density at radius 1 is 0.900 bits per heavy atom. The summed E-state index contributed by atoms with van der Waals surface area (Å²) < 4.78 is 0. The van der Waals surface area contributed by atoms with E-state index in [1.54, 1.807) is 0 Å². The summed E-state index contributed by atoms with van der Waals surface area (Å²) in [7, 11) is 4.30. The van der Waals surface area contributed by atoms with E-state index in [1.165, 1.54) is 41.0 Å². The Kier molecular flexibility index (Phi) is 8.07. The van der Waals surface area contributed by atoms with Crippen molar-refractivity contribution < 1.29 is 29.0 Å². The molecule has 3 heteroatoms. The molecule has 0 aromatic carbocycles. The number of nitrogens with zero attached hydrogens (tertiary/aromatic N) is 1. The number of aromatic nitrogens is 1. The molecule has 2 unspecified atom stereocenters. The minimum Gasteiger partial charge on any atom is -1.00 e. The first kappa shape index (κ1) is 19.7. The summed E-state index contributed by atoms with van der Waals surface area (Å²) in [5, 5.41) is 0. The van der Waals surface area contributed by atoms with Gasteiger partial charge in [0.15, 0.2) is 11.4 Å². The molecular weight excluding hydrogens is 359 g/mol. The third-order valence-corrected chi connectivity index (χ3v) is 4.45. The lowest BCUT2D eigenvalue weighted by atomic mass is 9.92. The zero-order valence-corrected chi connectivity index (χ0v) is 16.6. The van der Waals surface area contributed by atoms with Gasteiger partial charge >= 0.3 is 0 Å². The van der Waals surface area contributed by atoms with Gasteiger partial charge in [0.1, 0.15) is 0 Å². The molecule has 116 valence electrons. The van der Waals surface area contributed by atoms with E-state index >= 15 is 0 Å². The zero-order valence-electron chi connectivity index (χ0n) is 14.4. The molecule has 1 aromatic rings. The van der Waals surface area contributed by atoms with Crippen molar-refractivity contribution in [3.63, 3.8) is 0 Å². The highest BCUT2D eigenvalue weighted by Crippen LogP contribution is 2.32. The van der Waals surface area contributed by atoms with Crippen molar-refractivity contribution in [1.29, 1.82) is 0 Å². The first-order chi connectivity index (χ1) is 8.84. The quantitative estimate of drug-likeness (QED) is 0.692. The number of rotatable bonds is 5. The largest absolute Gasteiger partial charge is 1.00 e. The number of pyridine rings is 1. The molecule has 0 saturated heterocycles. The van der Waals surface area contributed by atoms with Crippen molar-refractivity contribution in [1.82, 2.24) is 0 Å². The van der Waals surface area contributed by atoms with Gasteiger partial charge < -0.3 is 28.9 Å². The van der Waals surface area contributed by atoms with Crippen molar-refractivity contribution in [3.8, 4) is 0 Å². The highest BCUT2D eigenvalue weighted by molar-refractivity contribution is 5.59. The van der Waals surface area contributed by atoms with E-state index in [4.69, 9.17) is 0 Å². The van der Waals surface area contributed by atoms with E-state index in [0.29, 0.717) is 11.8 Å². The molecule has 0 fully saturated rings. The lowest BCUT2D eigenvalue weighted by Crippen LogP contribution is -3.00. The first-order valence-electron chi connectivity index (χ1n) is 7.58. The van der Waals surface area contributed by atoms with Crippen LogP contribution >= 0.6 is 0 Å². The fourth-order valence-electron chi connectivity index (χ4n) is 2.93. The van der Waals surface area contributed by atoms with Crippen molar-refractivity contribution in [2.75, 3.05) is 19.0 Å². The fraction of sp³-hybridized carbons (Fsp3) is 0.706. The summed E-state index contributed by atoms with van der Waals surface area (Å²) in [5.41, 5.74) is 7.02. The molecule has 0 amide bonds. The van der Waals surface area contributed by atoms with Crippen molar-refractivity contribution >= 4 is 5.69 Å². The zero-order chi connectivity index (χ0) is 14.7. The Bertz CT molecular complexity index is 407. The topological polar surface area (TPSA) is 17.4 Å². The predicted octanol–water partition coefficient (Wildman–Crippen LogP) is 1.21. The molecule has 0 spiro atoms. The van der Waals surface area contributed by atoms with E-state index < -0.39 is 0 Å². The number of H-pyrrole nitrogens is 1. The Morgan fingerprint density at radius 3 is 1.50 bits per heavy atom. The maximum Gasteiger partial charge on any atom is 0.187 e. The maximum atomic E-state index is 3.75. The van der Waals surface area contributed by atoms with Crippen LogP contribution in [-0.4, -0.2) is 14.1 Å². The highest BCUT2D eigenvalue weighted by atomic mass is 127. The van der Waals surface area contributed by atoms with Gasteiger partial charge in [-0.2, -0.15) is 0 Å². The van der Waals surface area contributed by atoms with Gasteiger partial charge in [-0.25, -0.2) is 4.98 Å². The second-order valence-electron chi connectivity index (χ2n) is 6.06. The molecule has 0 saturated carbocycles. The van der Waals surface area contributed by atoms with E-state index in [9.17, 15) is 0 Å². The average molecular weight is 390 g/mol. The number of hydrogen-bond donors (Lipinski definition) is 0.